The van der Waals surface area contributed by atoms with Crippen molar-refractivity contribution in [3.05, 3.63) is 97.9 Å². The van der Waals surface area contributed by atoms with Gasteiger partial charge in [0.1, 0.15) is 17.9 Å². The van der Waals surface area contributed by atoms with Gasteiger partial charge in [-0.2, -0.15) is 0 Å². The van der Waals surface area contributed by atoms with E-state index in [1.165, 1.54) is 18.2 Å². The number of aromatic carboxylic acids is 1. The number of hydrogen-bond acceptors (Lipinski definition) is 5. The molecule has 4 amide bonds. The number of carboxylic acid groups (broad SMARTS) is 1. The first-order valence-corrected chi connectivity index (χ1v) is 11.7. The van der Waals surface area contributed by atoms with E-state index in [2.05, 4.69) is 37.2 Å². The number of carbonyl (C=O) groups is 4. The Labute approximate surface area is 216 Å². The maximum atomic E-state index is 13.0. The van der Waals surface area contributed by atoms with Crippen LogP contribution in [-0.2, 0) is 16.2 Å². The maximum absolute atomic E-state index is 13.0. The van der Waals surface area contributed by atoms with E-state index in [-0.39, 0.29) is 17.7 Å². The van der Waals surface area contributed by atoms with Crippen molar-refractivity contribution in [1.29, 1.82) is 0 Å². The molecule has 1 aliphatic rings. The van der Waals surface area contributed by atoms with Gasteiger partial charge in [-0.25, -0.2) is 14.5 Å². The summed E-state index contributed by atoms with van der Waals surface area (Å²) < 4.78 is 7.15. The summed E-state index contributed by atoms with van der Waals surface area (Å²) in [4.78, 5) is 49.6. The molecule has 3 aromatic rings. The number of carboxylic acids is 1. The normalized spacial score (nSPS) is 14.7. The van der Waals surface area contributed by atoms with Crippen molar-refractivity contribution < 1.29 is 29.0 Å². The zero-order valence-corrected chi connectivity index (χ0v) is 21.0. The molecule has 0 radical (unpaired) electrons. The number of halogens is 2. The van der Waals surface area contributed by atoms with Gasteiger partial charge in [0, 0.05) is 4.47 Å². The van der Waals surface area contributed by atoms with Gasteiger partial charge in [0.05, 0.1) is 15.7 Å². The molecule has 4 rings (SSSR count). The molecular weight excluding hydrogens is 584 g/mol. The summed E-state index contributed by atoms with van der Waals surface area (Å²) in [6, 6.07) is 17.1. The zero-order valence-electron chi connectivity index (χ0n) is 17.8. The standard InChI is InChI=1S/C25H16Br2N2O6/c26-17-6-8-18(9-7-17)29-23(31)19(22(30)28-25(29)34)11-15-3-10-21(20(27)12-15)35-13-14-1-4-16(5-2-14)24(32)33/h1-12H,13H2,(H,32,33)(H,28,30,34)/b19-11+. The van der Waals surface area contributed by atoms with Crippen LogP contribution in [0.3, 0.4) is 0 Å². The highest BCUT2D eigenvalue weighted by Crippen LogP contribution is 2.29. The first-order chi connectivity index (χ1) is 16.7. The molecule has 0 spiro atoms. The van der Waals surface area contributed by atoms with Crippen LogP contribution < -0.4 is 15.0 Å². The highest BCUT2D eigenvalue weighted by molar-refractivity contribution is 9.10. The van der Waals surface area contributed by atoms with Crippen LogP contribution in [0.4, 0.5) is 10.5 Å². The van der Waals surface area contributed by atoms with Crippen LogP contribution in [0.5, 0.6) is 5.75 Å². The largest absolute Gasteiger partial charge is 0.488 e. The van der Waals surface area contributed by atoms with Gasteiger partial charge in [0.25, 0.3) is 11.8 Å². The van der Waals surface area contributed by atoms with Crippen molar-refractivity contribution in [1.82, 2.24) is 5.32 Å². The summed E-state index contributed by atoms with van der Waals surface area (Å²) in [5.74, 6) is -2.00. The lowest BCUT2D eigenvalue weighted by molar-refractivity contribution is -0.122. The molecule has 0 aliphatic carbocycles. The Kier molecular flexibility index (Phi) is 7.13. The average Bonchev–Trinajstić information content (AvgIpc) is 2.82. The van der Waals surface area contributed by atoms with Crippen LogP contribution in [0.15, 0.2) is 81.2 Å². The third-order valence-electron chi connectivity index (χ3n) is 5.05. The smallest absolute Gasteiger partial charge is 0.335 e. The monoisotopic (exact) mass is 598 g/mol. The Hall–Kier alpha value is -3.76. The predicted octanol–water partition coefficient (Wildman–Crippen LogP) is 5.16. The first kappa shape index (κ1) is 24.4. The minimum Gasteiger partial charge on any atom is -0.488 e. The van der Waals surface area contributed by atoms with E-state index in [4.69, 9.17) is 9.84 Å². The Balaban J connectivity index is 1.52. The molecule has 0 atom stereocenters. The Morgan fingerprint density at radius 1 is 0.971 bits per heavy atom. The van der Waals surface area contributed by atoms with E-state index in [9.17, 15) is 19.2 Å². The fourth-order valence-electron chi connectivity index (χ4n) is 3.28. The average molecular weight is 600 g/mol. The van der Waals surface area contributed by atoms with Crippen LogP contribution in [0.25, 0.3) is 6.08 Å². The molecule has 10 heteroatoms. The highest BCUT2D eigenvalue weighted by atomic mass is 79.9. The summed E-state index contributed by atoms with van der Waals surface area (Å²) >= 11 is 6.73. The van der Waals surface area contributed by atoms with Crippen molar-refractivity contribution in [2.24, 2.45) is 0 Å². The summed E-state index contributed by atoms with van der Waals surface area (Å²) in [6.07, 6.45) is 1.40. The van der Waals surface area contributed by atoms with Crippen LogP contribution in [0.1, 0.15) is 21.5 Å². The third-order valence-corrected chi connectivity index (χ3v) is 6.20. The van der Waals surface area contributed by atoms with Gasteiger partial charge in [-0.3, -0.25) is 14.9 Å². The topological polar surface area (TPSA) is 113 Å². The lowest BCUT2D eigenvalue weighted by atomic mass is 10.1. The zero-order chi connectivity index (χ0) is 25.1. The third kappa shape index (κ3) is 5.50. The fourth-order valence-corrected chi connectivity index (χ4v) is 4.05. The van der Waals surface area contributed by atoms with Gasteiger partial charge in [-0.15, -0.1) is 0 Å². The van der Waals surface area contributed by atoms with Crippen LogP contribution in [0.2, 0.25) is 0 Å². The van der Waals surface area contributed by atoms with Gasteiger partial charge >= 0.3 is 12.0 Å². The van der Waals surface area contributed by atoms with Gasteiger partial charge in [0.2, 0.25) is 0 Å². The van der Waals surface area contributed by atoms with E-state index in [0.717, 1.165) is 14.9 Å². The van der Waals surface area contributed by atoms with Gasteiger partial charge in [-0.05, 0) is 81.7 Å². The quantitative estimate of drug-likeness (QED) is 0.299. The van der Waals surface area contributed by atoms with Gasteiger partial charge in [0.15, 0.2) is 0 Å². The molecule has 176 valence electrons. The molecule has 0 saturated carbocycles. The molecule has 35 heavy (non-hydrogen) atoms. The number of benzene rings is 3. The second-order valence-corrected chi connectivity index (χ2v) is 9.18. The van der Waals surface area contributed by atoms with Gasteiger partial charge in [-0.1, -0.05) is 34.1 Å². The van der Waals surface area contributed by atoms with Crippen molar-refractivity contribution in [2.45, 2.75) is 6.61 Å². The van der Waals surface area contributed by atoms with E-state index in [1.54, 1.807) is 54.6 Å². The molecule has 1 fully saturated rings. The summed E-state index contributed by atoms with van der Waals surface area (Å²) in [5, 5.41) is 11.2. The summed E-state index contributed by atoms with van der Waals surface area (Å²) in [5.41, 5.74) is 1.66. The number of barbiturate groups is 1. The van der Waals surface area contributed by atoms with Crippen molar-refractivity contribution >= 4 is 67.4 Å². The number of nitrogens with one attached hydrogen (secondary N) is 1. The number of ether oxygens (including phenoxy) is 1. The maximum Gasteiger partial charge on any atom is 0.335 e. The van der Waals surface area contributed by atoms with Crippen molar-refractivity contribution in [2.75, 3.05) is 4.90 Å². The summed E-state index contributed by atoms with van der Waals surface area (Å²) in [7, 11) is 0. The van der Waals surface area contributed by atoms with E-state index < -0.39 is 23.8 Å². The molecule has 8 nitrogen and oxygen atoms in total. The first-order valence-electron chi connectivity index (χ1n) is 10.1. The van der Waals surface area contributed by atoms with Crippen LogP contribution >= 0.6 is 31.9 Å². The molecule has 2 N–H and O–H groups in total. The second-order valence-electron chi connectivity index (χ2n) is 7.41. The van der Waals surface area contributed by atoms with Crippen molar-refractivity contribution in [3.63, 3.8) is 0 Å². The second kappa shape index (κ2) is 10.2. The predicted molar refractivity (Wildman–Crippen MR) is 135 cm³/mol. The molecular formula is C25H16Br2N2O6. The van der Waals surface area contributed by atoms with Crippen LogP contribution in [0, 0.1) is 0 Å². The molecule has 0 bridgehead atoms. The molecule has 3 aromatic carbocycles. The number of anilines is 1. The molecule has 0 unspecified atom stereocenters. The molecule has 0 aromatic heterocycles. The van der Waals surface area contributed by atoms with Crippen LogP contribution in [-0.4, -0.2) is 28.9 Å². The SMILES string of the molecule is O=C1NC(=O)N(c2ccc(Br)cc2)C(=O)/C1=C/c1ccc(OCc2ccc(C(=O)O)cc2)c(Br)c1. The van der Waals surface area contributed by atoms with E-state index in [1.807, 2.05) is 0 Å². The summed E-state index contributed by atoms with van der Waals surface area (Å²) in [6.45, 7) is 0.212. The van der Waals surface area contributed by atoms with E-state index in [0.29, 0.717) is 21.5 Å². The van der Waals surface area contributed by atoms with Crippen molar-refractivity contribution in [3.8, 4) is 5.75 Å². The fraction of sp³-hybridized carbons (Fsp3) is 0.0400. The Morgan fingerprint density at radius 3 is 2.29 bits per heavy atom. The number of nitrogens with zero attached hydrogens (tertiary/aromatic N) is 1. The Bertz CT molecular complexity index is 1370. The highest BCUT2D eigenvalue weighted by Gasteiger charge is 2.36. The van der Waals surface area contributed by atoms with Gasteiger partial charge < -0.3 is 9.84 Å². The number of imide groups is 2. The number of rotatable bonds is 6. The van der Waals surface area contributed by atoms with E-state index >= 15 is 0 Å². The number of amides is 4. The molecule has 1 heterocycles. The Morgan fingerprint density at radius 2 is 1.66 bits per heavy atom. The molecule has 1 saturated heterocycles. The molecule has 1 aliphatic heterocycles. The number of carbonyl (C=O) groups excluding carboxylic acids is 3. The number of urea groups is 1. The lowest BCUT2D eigenvalue weighted by Gasteiger charge is -2.26. The lowest BCUT2D eigenvalue weighted by Crippen LogP contribution is -2.54. The minimum absolute atomic E-state index is 0.188. The number of hydrogen-bond donors (Lipinski definition) is 2. The minimum atomic E-state index is -1.00.